The minimum atomic E-state index is -0.183. The topological polar surface area (TPSA) is 87.2 Å². The Kier molecular flexibility index (Phi) is 4.62. The number of carbonyl (C=O) groups is 1. The summed E-state index contributed by atoms with van der Waals surface area (Å²) in [5.41, 5.74) is 2.00. The lowest BCUT2D eigenvalue weighted by atomic mass is 10.1. The number of methoxy groups -OCH3 is 1. The van der Waals surface area contributed by atoms with Gasteiger partial charge in [-0.3, -0.25) is 9.89 Å². The fourth-order valence-corrected chi connectivity index (χ4v) is 2.68. The van der Waals surface area contributed by atoms with Gasteiger partial charge in [-0.1, -0.05) is 12.1 Å². The van der Waals surface area contributed by atoms with Crippen molar-refractivity contribution in [2.24, 2.45) is 5.92 Å². The summed E-state index contributed by atoms with van der Waals surface area (Å²) in [5.74, 6) is 1.05. The number of amides is 1. The van der Waals surface area contributed by atoms with E-state index in [9.17, 15) is 4.79 Å². The van der Waals surface area contributed by atoms with E-state index in [-0.39, 0.29) is 18.6 Å². The molecular formula is C17H21N3O3. The van der Waals surface area contributed by atoms with Gasteiger partial charge in [0.25, 0.3) is 5.91 Å². The maximum Gasteiger partial charge on any atom is 0.269 e. The van der Waals surface area contributed by atoms with Gasteiger partial charge < -0.3 is 15.2 Å². The zero-order valence-electron chi connectivity index (χ0n) is 13.1. The maximum atomic E-state index is 12.3. The van der Waals surface area contributed by atoms with Crippen LogP contribution in [-0.2, 0) is 0 Å². The predicted molar refractivity (Wildman–Crippen MR) is 86.3 cm³/mol. The highest BCUT2D eigenvalue weighted by Gasteiger charge is 2.32. The molecule has 1 heterocycles. The number of H-pyrrole nitrogens is 1. The van der Waals surface area contributed by atoms with Crippen molar-refractivity contribution in [1.29, 1.82) is 0 Å². The van der Waals surface area contributed by atoms with E-state index < -0.39 is 0 Å². The van der Waals surface area contributed by atoms with E-state index >= 15 is 0 Å². The quantitative estimate of drug-likeness (QED) is 0.729. The van der Waals surface area contributed by atoms with Crippen LogP contribution in [0, 0.1) is 5.92 Å². The van der Waals surface area contributed by atoms with Crippen LogP contribution in [-0.4, -0.2) is 41.0 Å². The van der Waals surface area contributed by atoms with Gasteiger partial charge in [0.05, 0.1) is 12.8 Å². The summed E-state index contributed by atoms with van der Waals surface area (Å²) in [7, 11) is 1.61. The lowest BCUT2D eigenvalue weighted by Crippen LogP contribution is -2.37. The minimum absolute atomic E-state index is 0.0380. The van der Waals surface area contributed by atoms with Crippen LogP contribution in [0.2, 0.25) is 0 Å². The average molecular weight is 315 g/mol. The monoisotopic (exact) mass is 315 g/mol. The van der Waals surface area contributed by atoms with E-state index in [0.29, 0.717) is 23.7 Å². The van der Waals surface area contributed by atoms with Crippen LogP contribution in [0.4, 0.5) is 0 Å². The normalized spacial score (nSPS) is 15.2. The van der Waals surface area contributed by atoms with Crippen LogP contribution in [0.5, 0.6) is 5.75 Å². The lowest BCUT2D eigenvalue weighted by Gasteiger charge is -2.16. The highest BCUT2D eigenvalue weighted by atomic mass is 16.5. The van der Waals surface area contributed by atoms with Crippen molar-refractivity contribution in [2.75, 3.05) is 13.7 Å². The van der Waals surface area contributed by atoms with E-state index in [1.807, 2.05) is 24.3 Å². The SMILES string of the molecule is COc1cccc(-c2cc(C(=O)NC(CCO)C3CC3)[nH]n2)c1. The fourth-order valence-electron chi connectivity index (χ4n) is 2.68. The molecule has 0 saturated heterocycles. The van der Waals surface area contributed by atoms with Crippen LogP contribution < -0.4 is 10.1 Å². The number of aliphatic hydroxyl groups is 1. The summed E-state index contributed by atoms with van der Waals surface area (Å²) in [6.07, 6.45) is 2.82. The number of aromatic amines is 1. The molecule has 1 aromatic heterocycles. The van der Waals surface area contributed by atoms with E-state index in [2.05, 4.69) is 15.5 Å². The van der Waals surface area contributed by atoms with E-state index in [4.69, 9.17) is 9.84 Å². The number of aliphatic hydroxyl groups excluding tert-OH is 1. The van der Waals surface area contributed by atoms with Gasteiger partial charge in [-0.2, -0.15) is 5.10 Å². The lowest BCUT2D eigenvalue weighted by molar-refractivity contribution is 0.0919. The molecule has 0 radical (unpaired) electrons. The molecule has 2 aromatic rings. The zero-order valence-corrected chi connectivity index (χ0v) is 13.1. The summed E-state index contributed by atoms with van der Waals surface area (Å²) < 4.78 is 5.20. The summed E-state index contributed by atoms with van der Waals surface area (Å²) in [6.45, 7) is 0.0828. The molecule has 1 amide bonds. The molecule has 1 saturated carbocycles. The predicted octanol–water partition coefficient (Wildman–Crippen LogP) is 1.98. The van der Waals surface area contributed by atoms with Gasteiger partial charge >= 0.3 is 0 Å². The number of hydrogen-bond acceptors (Lipinski definition) is 4. The number of aromatic nitrogens is 2. The van der Waals surface area contributed by atoms with Crippen molar-refractivity contribution in [3.63, 3.8) is 0 Å². The van der Waals surface area contributed by atoms with Crippen molar-refractivity contribution >= 4 is 5.91 Å². The second-order valence-corrected chi connectivity index (χ2v) is 5.83. The molecule has 3 N–H and O–H groups in total. The molecular weight excluding hydrogens is 294 g/mol. The van der Waals surface area contributed by atoms with Gasteiger partial charge in [-0.15, -0.1) is 0 Å². The first-order valence-electron chi connectivity index (χ1n) is 7.83. The van der Waals surface area contributed by atoms with Gasteiger partial charge in [-0.05, 0) is 43.4 Å². The van der Waals surface area contributed by atoms with Crippen LogP contribution in [0.25, 0.3) is 11.3 Å². The largest absolute Gasteiger partial charge is 0.497 e. The molecule has 122 valence electrons. The first-order chi connectivity index (χ1) is 11.2. The van der Waals surface area contributed by atoms with E-state index in [1.165, 1.54) is 0 Å². The Hall–Kier alpha value is -2.34. The number of benzene rings is 1. The Morgan fingerprint density at radius 2 is 2.30 bits per heavy atom. The Morgan fingerprint density at radius 3 is 3.00 bits per heavy atom. The third-order valence-electron chi connectivity index (χ3n) is 4.14. The van der Waals surface area contributed by atoms with E-state index in [0.717, 1.165) is 24.2 Å². The second-order valence-electron chi connectivity index (χ2n) is 5.83. The molecule has 1 aromatic carbocycles. The molecule has 1 unspecified atom stereocenters. The fraction of sp³-hybridized carbons (Fsp3) is 0.412. The second kappa shape index (κ2) is 6.83. The Balaban J connectivity index is 1.71. The summed E-state index contributed by atoms with van der Waals surface area (Å²) >= 11 is 0. The number of nitrogens with one attached hydrogen (secondary N) is 2. The third-order valence-corrected chi connectivity index (χ3v) is 4.14. The van der Waals surface area contributed by atoms with Gasteiger partial charge in [0.15, 0.2) is 0 Å². The number of hydrogen-bond donors (Lipinski definition) is 3. The average Bonchev–Trinajstić information content (AvgIpc) is 3.30. The van der Waals surface area contributed by atoms with Crippen LogP contribution in [0.15, 0.2) is 30.3 Å². The molecule has 23 heavy (non-hydrogen) atoms. The Morgan fingerprint density at radius 1 is 1.48 bits per heavy atom. The van der Waals surface area contributed by atoms with Crippen LogP contribution >= 0.6 is 0 Å². The van der Waals surface area contributed by atoms with Gasteiger partial charge in [0, 0.05) is 18.2 Å². The maximum absolute atomic E-state index is 12.3. The minimum Gasteiger partial charge on any atom is -0.497 e. The van der Waals surface area contributed by atoms with E-state index in [1.54, 1.807) is 13.2 Å². The van der Waals surface area contributed by atoms with Crippen LogP contribution in [0.1, 0.15) is 29.8 Å². The van der Waals surface area contributed by atoms with Gasteiger partial charge in [-0.25, -0.2) is 0 Å². The number of carbonyl (C=O) groups excluding carboxylic acids is 1. The molecule has 1 atom stereocenters. The molecule has 0 bridgehead atoms. The molecule has 1 aliphatic carbocycles. The zero-order chi connectivity index (χ0) is 16.2. The smallest absolute Gasteiger partial charge is 0.269 e. The molecule has 1 fully saturated rings. The standard InChI is InChI=1S/C17H21N3O3/c1-23-13-4-2-3-12(9-13)15-10-16(20-19-15)17(22)18-14(7-8-21)11-5-6-11/h2-4,9-11,14,21H,5-8H2,1H3,(H,18,22)(H,19,20). The number of ether oxygens (including phenoxy) is 1. The number of rotatable bonds is 7. The first-order valence-corrected chi connectivity index (χ1v) is 7.83. The first kappa shape index (κ1) is 15.6. The van der Waals surface area contributed by atoms with Crippen molar-refractivity contribution in [3.05, 3.63) is 36.0 Å². The van der Waals surface area contributed by atoms with Gasteiger partial charge in [0.2, 0.25) is 0 Å². The Labute approximate surface area is 134 Å². The third kappa shape index (κ3) is 3.71. The summed E-state index contributed by atoms with van der Waals surface area (Å²) in [5, 5.41) is 19.1. The molecule has 6 nitrogen and oxygen atoms in total. The van der Waals surface area contributed by atoms with Crippen molar-refractivity contribution in [3.8, 4) is 17.0 Å². The number of nitrogens with zero attached hydrogens (tertiary/aromatic N) is 1. The molecule has 0 spiro atoms. The van der Waals surface area contributed by atoms with Crippen molar-refractivity contribution < 1.29 is 14.6 Å². The molecule has 0 aliphatic heterocycles. The van der Waals surface area contributed by atoms with Crippen LogP contribution in [0.3, 0.4) is 0 Å². The highest BCUT2D eigenvalue weighted by Crippen LogP contribution is 2.34. The molecule has 3 rings (SSSR count). The summed E-state index contributed by atoms with van der Waals surface area (Å²) in [4.78, 5) is 12.3. The van der Waals surface area contributed by atoms with Crippen molar-refractivity contribution in [1.82, 2.24) is 15.5 Å². The Bertz CT molecular complexity index is 679. The highest BCUT2D eigenvalue weighted by molar-refractivity contribution is 5.93. The molecule has 6 heteroatoms. The summed E-state index contributed by atoms with van der Waals surface area (Å²) in [6, 6.07) is 9.30. The molecule has 1 aliphatic rings. The van der Waals surface area contributed by atoms with Gasteiger partial charge in [0.1, 0.15) is 11.4 Å². The van der Waals surface area contributed by atoms with Crippen molar-refractivity contribution in [2.45, 2.75) is 25.3 Å².